The zero-order valence-electron chi connectivity index (χ0n) is 13.1. The third-order valence-corrected chi connectivity index (χ3v) is 3.72. The van der Waals surface area contributed by atoms with Crippen LogP contribution in [-0.4, -0.2) is 41.6 Å². The topological polar surface area (TPSA) is 66.8 Å². The first-order chi connectivity index (χ1) is 10.5. The number of carbonyl (C=O) groups is 2. The number of piperidine rings is 1. The van der Waals surface area contributed by atoms with Crippen molar-refractivity contribution in [2.24, 2.45) is 11.8 Å². The zero-order chi connectivity index (χ0) is 16.1. The van der Waals surface area contributed by atoms with Crippen molar-refractivity contribution in [1.29, 1.82) is 0 Å². The number of nitrogens with zero attached hydrogens (tertiary/aromatic N) is 1. The predicted molar refractivity (Wildman–Crippen MR) is 83.0 cm³/mol. The monoisotopic (exact) mass is 305 g/mol. The molecule has 120 valence electrons. The summed E-state index contributed by atoms with van der Waals surface area (Å²) in [6, 6.07) is 7.10. The van der Waals surface area contributed by atoms with Crippen LogP contribution < -0.4 is 4.74 Å². The molecule has 0 bridgehead atoms. The second-order valence-electron chi connectivity index (χ2n) is 6.16. The largest absolute Gasteiger partial charge is 0.493 e. The summed E-state index contributed by atoms with van der Waals surface area (Å²) in [5, 5.41) is 9.12. The molecule has 5 nitrogen and oxygen atoms in total. The van der Waals surface area contributed by atoms with Gasteiger partial charge < -0.3 is 14.7 Å². The van der Waals surface area contributed by atoms with Crippen LogP contribution in [0.1, 0.15) is 37.0 Å². The number of hydrogen-bond donors (Lipinski definition) is 1. The van der Waals surface area contributed by atoms with Gasteiger partial charge in [-0.2, -0.15) is 0 Å². The summed E-state index contributed by atoms with van der Waals surface area (Å²) < 4.78 is 5.64. The van der Waals surface area contributed by atoms with Gasteiger partial charge in [0.2, 0.25) is 0 Å². The second-order valence-corrected chi connectivity index (χ2v) is 6.16. The van der Waals surface area contributed by atoms with E-state index in [4.69, 9.17) is 9.84 Å². The number of hydrogen-bond acceptors (Lipinski definition) is 3. The fourth-order valence-electron chi connectivity index (χ4n) is 2.53. The van der Waals surface area contributed by atoms with Gasteiger partial charge in [0.15, 0.2) is 0 Å². The summed E-state index contributed by atoms with van der Waals surface area (Å²) in [7, 11) is 0. The standard InChI is InChI=1S/C17H23NO4/c1-12(2)11-22-15-7-3-5-13(9-15)16(19)18-8-4-6-14(10-18)17(20)21/h3,5,7,9,12,14H,4,6,8,10-11H2,1-2H3,(H,20,21). The number of carbonyl (C=O) groups excluding carboxylic acids is 1. The van der Waals surface area contributed by atoms with E-state index in [0.29, 0.717) is 36.8 Å². The minimum Gasteiger partial charge on any atom is -0.493 e. The number of aliphatic carboxylic acids is 1. The van der Waals surface area contributed by atoms with Crippen molar-refractivity contribution in [3.05, 3.63) is 29.8 Å². The van der Waals surface area contributed by atoms with Gasteiger partial charge in [-0.25, -0.2) is 0 Å². The molecule has 1 aliphatic heterocycles. The lowest BCUT2D eigenvalue weighted by Crippen LogP contribution is -2.42. The molecule has 1 N–H and O–H groups in total. The van der Waals surface area contributed by atoms with Gasteiger partial charge in [-0.15, -0.1) is 0 Å². The molecule has 22 heavy (non-hydrogen) atoms. The van der Waals surface area contributed by atoms with Crippen molar-refractivity contribution < 1.29 is 19.4 Å². The maximum atomic E-state index is 12.5. The van der Waals surface area contributed by atoms with E-state index in [1.807, 2.05) is 6.07 Å². The Labute approximate surface area is 130 Å². The van der Waals surface area contributed by atoms with E-state index < -0.39 is 11.9 Å². The average Bonchev–Trinajstić information content (AvgIpc) is 2.52. The number of benzene rings is 1. The van der Waals surface area contributed by atoms with Gasteiger partial charge in [-0.05, 0) is 37.0 Å². The molecule has 1 aromatic carbocycles. The minimum absolute atomic E-state index is 0.124. The zero-order valence-corrected chi connectivity index (χ0v) is 13.1. The SMILES string of the molecule is CC(C)COc1cccc(C(=O)N2CCCC(C(=O)O)C2)c1. The maximum absolute atomic E-state index is 12.5. The van der Waals surface area contributed by atoms with Crippen LogP contribution in [0.4, 0.5) is 0 Å². The first kappa shape index (κ1) is 16.3. The highest BCUT2D eigenvalue weighted by Crippen LogP contribution is 2.21. The molecule has 2 rings (SSSR count). The lowest BCUT2D eigenvalue weighted by Gasteiger charge is -2.30. The van der Waals surface area contributed by atoms with Gasteiger partial charge in [0.1, 0.15) is 5.75 Å². The fraction of sp³-hybridized carbons (Fsp3) is 0.529. The summed E-state index contributed by atoms with van der Waals surface area (Å²) >= 11 is 0. The Hall–Kier alpha value is -2.04. The van der Waals surface area contributed by atoms with Crippen LogP contribution in [0.15, 0.2) is 24.3 Å². The third kappa shape index (κ3) is 4.23. The number of likely N-dealkylation sites (tertiary alicyclic amines) is 1. The van der Waals surface area contributed by atoms with Crippen molar-refractivity contribution in [2.75, 3.05) is 19.7 Å². The van der Waals surface area contributed by atoms with E-state index in [9.17, 15) is 9.59 Å². The highest BCUT2D eigenvalue weighted by molar-refractivity contribution is 5.95. The minimum atomic E-state index is -0.827. The van der Waals surface area contributed by atoms with Crippen LogP contribution in [0.25, 0.3) is 0 Å². The summed E-state index contributed by atoms with van der Waals surface area (Å²) in [6.45, 7) is 5.62. The number of carboxylic acids is 1. The predicted octanol–water partition coefficient (Wildman–Crippen LogP) is 2.66. The summed E-state index contributed by atoms with van der Waals surface area (Å²) in [5.74, 6) is -0.324. The van der Waals surface area contributed by atoms with Gasteiger partial charge in [0.25, 0.3) is 5.91 Å². The summed E-state index contributed by atoms with van der Waals surface area (Å²) in [4.78, 5) is 25.3. The lowest BCUT2D eigenvalue weighted by atomic mass is 9.97. The smallest absolute Gasteiger partial charge is 0.308 e. The molecule has 0 aromatic heterocycles. The number of ether oxygens (including phenoxy) is 1. The van der Waals surface area contributed by atoms with Crippen molar-refractivity contribution >= 4 is 11.9 Å². The maximum Gasteiger partial charge on any atom is 0.308 e. The molecular formula is C17H23NO4. The Morgan fingerprint density at radius 3 is 2.86 bits per heavy atom. The van der Waals surface area contributed by atoms with Crippen LogP contribution >= 0.6 is 0 Å². The molecule has 5 heteroatoms. The third-order valence-electron chi connectivity index (χ3n) is 3.72. The fourth-order valence-corrected chi connectivity index (χ4v) is 2.53. The Morgan fingerprint density at radius 1 is 1.41 bits per heavy atom. The van der Waals surface area contributed by atoms with Crippen molar-refractivity contribution in [3.63, 3.8) is 0 Å². The van der Waals surface area contributed by atoms with Crippen LogP contribution in [-0.2, 0) is 4.79 Å². The van der Waals surface area contributed by atoms with E-state index in [1.54, 1.807) is 23.1 Å². The van der Waals surface area contributed by atoms with Crippen molar-refractivity contribution in [1.82, 2.24) is 4.90 Å². The van der Waals surface area contributed by atoms with E-state index in [-0.39, 0.29) is 12.5 Å². The molecule has 1 heterocycles. The first-order valence-electron chi connectivity index (χ1n) is 7.72. The van der Waals surface area contributed by atoms with Crippen LogP contribution in [0.2, 0.25) is 0 Å². The quantitative estimate of drug-likeness (QED) is 0.908. The molecule has 0 saturated carbocycles. The van der Waals surface area contributed by atoms with Gasteiger partial charge >= 0.3 is 5.97 Å². The Balaban J connectivity index is 2.05. The normalized spacial score (nSPS) is 18.3. The first-order valence-corrected chi connectivity index (χ1v) is 7.72. The Kier molecular flexibility index (Phi) is 5.41. The number of rotatable bonds is 5. The molecule has 1 atom stereocenters. The van der Waals surface area contributed by atoms with Crippen molar-refractivity contribution in [2.45, 2.75) is 26.7 Å². The van der Waals surface area contributed by atoms with E-state index >= 15 is 0 Å². The summed E-state index contributed by atoms with van der Waals surface area (Å²) in [6.07, 6.45) is 1.36. The molecule has 1 amide bonds. The molecule has 1 unspecified atom stereocenters. The van der Waals surface area contributed by atoms with Crippen molar-refractivity contribution in [3.8, 4) is 5.75 Å². The molecular weight excluding hydrogens is 282 g/mol. The number of amides is 1. The molecule has 0 aliphatic carbocycles. The second kappa shape index (κ2) is 7.29. The lowest BCUT2D eigenvalue weighted by molar-refractivity contribution is -0.143. The molecule has 1 fully saturated rings. The van der Waals surface area contributed by atoms with Gasteiger partial charge in [0, 0.05) is 18.7 Å². The van der Waals surface area contributed by atoms with Crippen LogP contribution in [0, 0.1) is 11.8 Å². The van der Waals surface area contributed by atoms with Crippen LogP contribution in [0.5, 0.6) is 5.75 Å². The highest BCUT2D eigenvalue weighted by atomic mass is 16.5. The molecule has 1 aromatic rings. The van der Waals surface area contributed by atoms with Gasteiger partial charge in [-0.3, -0.25) is 9.59 Å². The van der Waals surface area contributed by atoms with E-state index in [0.717, 1.165) is 6.42 Å². The van der Waals surface area contributed by atoms with Gasteiger partial charge in [0.05, 0.1) is 12.5 Å². The Morgan fingerprint density at radius 2 is 2.18 bits per heavy atom. The highest BCUT2D eigenvalue weighted by Gasteiger charge is 2.28. The Bertz CT molecular complexity index is 541. The van der Waals surface area contributed by atoms with E-state index in [2.05, 4.69) is 13.8 Å². The van der Waals surface area contributed by atoms with Gasteiger partial charge in [-0.1, -0.05) is 19.9 Å². The molecule has 1 aliphatic rings. The van der Waals surface area contributed by atoms with E-state index in [1.165, 1.54) is 0 Å². The molecule has 0 radical (unpaired) electrons. The summed E-state index contributed by atoms with van der Waals surface area (Å²) in [5.41, 5.74) is 0.548. The molecule has 1 saturated heterocycles. The molecule has 0 spiro atoms. The average molecular weight is 305 g/mol. The van der Waals surface area contributed by atoms with Crippen LogP contribution in [0.3, 0.4) is 0 Å². The number of carboxylic acid groups (broad SMARTS) is 1.